The van der Waals surface area contributed by atoms with Crippen LogP contribution in [0.2, 0.25) is 5.02 Å². The summed E-state index contributed by atoms with van der Waals surface area (Å²) in [6.07, 6.45) is 1.55. The third-order valence-corrected chi connectivity index (χ3v) is 4.90. The Morgan fingerprint density at radius 1 is 1.10 bits per heavy atom. The van der Waals surface area contributed by atoms with Crippen LogP contribution in [0.1, 0.15) is 27.3 Å². The quantitative estimate of drug-likeness (QED) is 0.457. The Labute approximate surface area is 178 Å². The molecule has 1 heterocycles. The van der Waals surface area contributed by atoms with E-state index in [-0.39, 0.29) is 5.02 Å². The Morgan fingerprint density at radius 2 is 1.77 bits per heavy atom. The van der Waals surface area contributed by atoms with Crippen LogP contribution in [-0.4, -0.2) is 30.9 Å². The summed E-state index contributed by atoms with van der Waals surface area (Å²) < 4.78 is 25.8. The van der Waals surface area contributed by atoms with Crippen LogP contribution >= 0.6 is 11.6 Å². The van der Waals surface area contributed by atoms with Gasteiger partial charge in [0, 0.05) is 34.3 Å². The van der Waals surface area contributed by atoms with E-state index in [1.165, 1.54) is 20.3 Å². The van der Waals surface area contributed by atoms with Crippen molar-refractivity contribution in [2.24, 2.45) is 5.10 Å². The topological polar surface area (TPSA) is 64.8 Å². The zero-order valence-electron chi connectivity index (χ0n) is 17.0. The first-order valence-corrected chi connectivity index (χ1v) is 9.42. The molecule has 0 fully saturated rings. The lowest BCUT2D eigenvalue weighted by Gasteiger charge is -2.10. The van der Waals surface area contributed by atoms with Crippen LogP contribution in [0, 0.1) is 19.7 Å². The molecule has 0 aliphatic carbocycles. The molecule has 30 heavy (non-hydrogen) atoms. The van der Waals surface area contributed by atoms with Crippen LogP contribution < -0.4 is 14.9 Å². The van der Waals surface area contributed by atoms with Gasteiger partial charge in [-0.15, -0.1) is 0 Å². The Balaban J connectivity index is 1.80. The minimum absolute atomic E-state index is 0.0520. The normalized spacial score (nSPS) is 11.0. The van der Waals surface area contributed by atoms with Crippen LogP contribution in [0.3, 0.4) is 0 Å². The van der Waals surface area contributed by atoms with Gasteiger partial charge in [0.05, 0.1) is 25.5 Å². The predicted octanol–water partition coefficient (Wildman–Crippen LogP) is 4.67. The number of halogens is 2. The molecule has 0 spiro atoms. The van der Waals surface area contributed by atoms with E-state index in [4.69, 9.17) is 21.1 Å². The van der Waals surface area contributed by atoms with E-state index in [2.05, 4.69) is 10.5 Å². The van der Waals surface area contributed by atoms with Crippen molar-refractivity contribution < 1.29 is 18.7 Å². The number of aryl methyl sites for hydroxylation is 1. The zero-order valence-corrected chi connectivity index (χ0v) is 17.7. The lowest BCUT2D eigenvalue weighted by Crippen LogP contribution is -2.17. The SMILES string of the molecule is COc1cc(OC)cc(C(=O)N/N=C\c2cc(C)n(-c3ccc(F)c(Cl)c3)c2C)c1. The smallest absolute Gasteiger partial charge is 0.271 e. The number of aromatic nitrogens is 1. The van der Waals surface area contributed by atoms with Crippen LogP contribution in [0.25, 0.3) is 5.69 Å². The molecule has 3 rings (SSSR count). The van der Waals surface area contributed by atoms with Crippen molar-refractivity contribution in [2.45, 2.75) is 13.8 Å². The number of nitrogens with one attached hydrogen (secondary N) is 1. The van der Waals surface area contributed by atoms with Crippen molar-refractivity contribution in [2.75, 3.05) is 14.2 Å². The third-order valence-electron chi connectivity index (χ3n) is 4.62. The summed E-state index contributed by atoms with van der Waals surface area (Å²) in [4.78, 5) is 12.4. The molecule has 0 aliphatic rings. The highest BCUT2D eigenvalue weighted by molar-refractivity contribution is 6.30. The maximum atomic E-state index is 13.5. The molecule has 0 bridgehead atoms. The number of carbonyl (C=O) groups excluding carboxylic acids is 1. The van der Waals surface area contributed by atoms with E-state index in [0.717, 1.165) is 22.6 Å². The molecule has 1 N–H and O–H groups in total. The Morgan fingerprint density at radius 3 is 2.37 bits per heavy atom. The van der Waals surface area contributed by atoms with Gasteiger partial charge in [-0.05, 0) is 50.2 Å². The van der Waals surface area contributed by atoms with Crippen molar-refractivity contribution in [1.82, 2.24) is 9.99 Å². The van der Waals surface area contributed by atoms with E-state index in [1.807, 2.05) is 24.5 Å². The average Bonchev–Trinajstić information content (AvgIpc) is 3.02. The largest absolute Gasteiger partial charge is 0.497 e. The fourth-order valence-electron chi connectivity index (χ4n) is 3.10. The summed E-state index contributed by atoms with van der Waals surface area (Å²) in [7, 11) is 3.03. The molecule has 2 aromatic carbocycles. The number of hydrogen-bond acceptors (Lipinski definition) is 4. The van der Waals surface area contributed by atoms with Crippen LogP contribution in [0.4, 0.5) is 4.39 Å². The standard InChI is InChI=1S/C22H21ClFN3O3/c1-13-7-16(14(2)27(13)17-5-6-21(24)20(23)10-17)12-25-26-22(28)15-8-18(29-3)11-19(9-15)30-4/h5-12H,1-4H3,(H,26,28)/b25-12-. The van der Waals surface area contributed by atoms with Crippen molar-refractivity contribution in [3.63, 3.8) is 0 Å². The molecule has 0 radical (unpaired) electrons. The Bertz CT molecular complexity index is 1100. The van der Waals surface area contributed by atoms with Crippen molar-refractivity contribution in [3.8, 4) is 17.2 Å². The molecule has 6 nitrogen and oxygen atoms in total. The van der Waals surface area contributed by atoms with Crippen LogP contribution in [0.5, 0.6) is 11.5 Å². The highest BCUT2D eigenvalue weighted by atomic mass is 35.5. The van der Waals surface area contributed by atoms with Gasteiger partial charge in [-0.2, -0.15) is 5.10 Å². The molecule has 0 saturated heterocycles. The number of amides is 1. The van der Waals surface area contributed by atoms with Crippen molar-refractivity contribution >= 4 is 23.7 Å². The van der Waals surface area contributed by atoms with Gasteiger partial charge in [-0.1, -0.05) is 11.6 Å². The molecule has 0 saturated carbocycles. The number of ether oxygens (including phenoxy) is 2. The number of benzene rings is 2. The maximum Gasteiger partial charge on any atom is 0.271 e. The summed E-state index contributed by atoms with van der Waals surface area (Å²) >= 11 is 5.92. The molecular weight excluding hydrogens is 409 g/mol. The van der Waals surface area contributed by atoms with Crippen LogP contribution in [0.15, 0.2) is 47.6 Å². The van der Waals surface area contributed by atoms with E-state index in [0.29, 0.717) is 17.1 Å². The first-order valence-electron chi connectivity index (χ1n) is 9.05. The molecule has 0 aliphatic heterocycles. The summed E-state index contributed by atoms with van der Waals surface area (Å²) in [5.74, 6) is 0.138. The molecule has 3 aromatic rings. The van der Waals surface area contributed by atoms with Crippen LogP contribution in [-0.2, 0) is 0 Å². The summed E-state index contributed by atoms with van der Waals surface area (Å²) in [5, 5.41) is 4.12. The second-order valence-electron chi connectivity index (χ2n) is 6.56. The molecular formula is C22H21ClFN3O3. The number of methoxy groups -OCH3 is 2. The number of hydrazone groups is 1. The van der Waals surface area contributed by atoms with Crippen molar-refractivity contribution in [1.29, 1.82) is 0 Å². The van der Waals surface area contributed by atoms with Gasteiger partial charge in [0.1, 0.15) is 17.3 Å². The number of carbonyl (C=O) groups is 1. The van der Waals surface area contributed by atoms with Gasteiger partial charge in [0.2, 0.25) is 0 Å². The Kier molecular flexibility index (Phi) is 6.42. The maximum absolute atomic E-state index is 13.5. The fraction of sp³-hybridized carbons (Fsp3) is 0.182. The second-order valence-corrected chi connectivity index (χ2v) is 6.97. The molecule has 156 valence electrons. The van der Waals surface area contributed by atoms with Gasteiger partial charge >= 0.3 is 0 Å². The summed E-state index contributed by atoms with van der Waals surface area (Å²) in [6, 6.07) is 11.3. The monoisotopic (exact) mass is 429 g/mol. The van der Waals surface area contributed by atoms with Gasteiger partial charge in [-0.25, -0.2) is 9.82 Å². The highest BCUT2D eigenvalue weighted by Crippen LogP contribution is 2.24. The van der Waals surface area contributed by atoms with Gasteiger partial charge in [0.25, 0.3) is 5.91 Å². The summed E-state index contributed by atoms with van der Waals surface area (Å²) in [6.45, 7) is 3.82. The third kappa shape index (κ3) is 4.46. The minimum Gasteiger partial charge on any atom is -0.497 e. The molecule has 1 aromatic heterocycles. The first kappa shape index (κ1) is 21.4. The van der Waals surface area contributed by atoms with Crippen molar-refractivity contribution in [3.05, 3.63) is 75.8 Å². The van der Waals surface area contributed by atoms with E-state index >= 15 is 0 Å². The Hall–Kier alpha value is -3.32. The molecule has 8 heteroatoms. The van der Waals surface area contributed by atoms with Gasteiger partial charge < -0.3 is 14.0 Å². The lowest BCUT2D eigenvalue weighted by atomic mass is 10.2. The first-order chi connectivity index (χ1) is 14.3. The predicted molar refractivity (Wildman–Crippen MR) is 115 cm³/mol. The number of hydrogen-bond donors (Lipinski definition) is 1. The molecule has 1 amide bonds. The molecule has 0 unspecified atom stereocenters. The summed E-state index contributed by atoms with van der Waals surface area (Å²) in [5.41, 5.74) is 6.19. The zero-order chi connectivity index (χ0) is 21.8. The number of nitrogens with zero attached hydrogens (tertiary/aromatic N) is 2. The van der Waals surface area contributed by atoms with E-state index in [1.54, 1.807) is 36.5 Å². The van der Waals surface area contributed by atoms with Gasteiger partial charge in [-0.3, -0.25) is 4.79 Å². The lowest BCUT2D eigenvalue weighted by molar-refractivity contribution is 0.0954. The fourth-order valence-corrected chi connectivity index (χ4v) is 3.28. The number of rotatable bonds is 6. The molecule has 0 atom stereocenters. The highest BCUT2D eigenvalue weighted by Gasteiger charge is 2.12. The average molecular weight is 430 g/mol. The second kappa shape index (κ2) is 9.00. The van der Waals surface area contributed by atoms with E-state index in [9.17, 15) is 9.18 Å². The van der Waals surface area contributed by atoms with E-state index < -0.39 is 11.7 Å². The van der Waals surface area contributed by atoms with Gasteiger partial charge in [0.15, 0.2) is 0 Å². The minimum atomic E-state index is -0.471.